The van der Waals surface area contributed by atoms with Crippen LogP contribution in [0.5, 0.6) is 5.75 Å². The van der Waals surface area contributed by atoms with E-state index in [1.165, 1.54) is 24.3 Å². The second-order valence-corrected chi connectivity index (χ2v) is 5.82. The number of nitrogens with one attached hydrogen (secondary N) is 1. The second kappa shape index (κ2) is 6.09. The van der Waals surface area contributed by atoms with Gasteiger partial charge in [-0.15, -0.1) is 0 Å². The van der Waals surface area contributed by atoms with Crippen molar-refractivity contribution >= 4 is 15.7 Å². The summed E-state index contributed by atoms with van der Waals surface area (Å²) in [5, 5.41) is 0. The molecule has 2 aromatic carbocycles. The molecule has 0 bridgehead atoms. The molecule has 0 saturated heterocycles. The van der Waals surface area contributed by atoms with Crippen LogP contribution in [-0.4, -0.2) is 15.0 Å². The highest BCUT2D eigenvalue weighted by Gasteiger charge is 2.16. The number of hydrogen-bond donors (Lipinski definition) is 1. The minimum Gasteiger partial charge on any atom is -0.494 e. The molecule has 0 unspecified atom stereocenters. The average molecular weight is 313 g/mol. The minimum atomic E-state index is -4.00. The smallest absolute Gasteiger partial charge is 0.261 e. The van der Waals surface area contributed by atoms with Crippen molar-refractivity contribution in [2.24, 2.45) is 0 Å². The molecule has 1 N–H and O–H groups in total. The number of benzene rings is 2. The van der Waals surface area contributed by atoms with Crippen LogP contribution in [-0.2, 0) is 10.0 Å². The van der Waals surface area contributed by atoms with Crippen molar-refractivity contribution in [1.29, 1.82) is 0 Å². The Kier molecular flexibility index (Phi) is 4.42. The summed E-state index contributed by atoms with van der Waals surface area (Å²) in [5.41, 5.74) is -0.441. The molecule has 0 saturated carbocycles. The first-order valence-electron chi connectivity index (χ1n) is 6.13. The predicted octanol–water partition coefficient (Wildman–Crippen LogP) is 3.16. The summed E-state index contributed by atoms with van der Waals surface area (Å²) in [6.45, 7) is 2.26. The number of halogens is 2. The minimum absolute atomic E-state index is 0.0744. The largest absolute Gasteiger partial charge is 0.494 e. The number of sulfonamides is 1. The van der Waals surface area contributed by atoms with Crippen LogP contribution < -0.4 is 9.46 Å². The molecule has 0 amide bonds. The van der Waals surface area contributed by atoms with Crippen molar-refractivity contribution in [2.75, 3.05) is 11.3 Å². The molecule has 112 valence electrons. The molecule has 0 atom stereocenters. The monoisotopic (exact) mass is 313 g/mol. The Morgan fingerprint density at radius 2 is 1.76 bits per heavy atom. The molecule has 0 spiro atoms. The highest BCUT2D eigenvalue weighted by atomic mass is 32.2. The van der Waals surface area contributed by atoms with Crippen LogP contribution in [0.25, 0.3) is 0 Å². The molecule has 0 aliphatic carbocycles. The van der Waals surface area contributed by atoms with Crippen molar-refractivity contribution < 1.29 is 21.9 Å². The average Bonchev–Trinajstić information content (AvgIpc) is 2.44. The summed E-state index contributed by atoms with van der Waals surface area (Å²) in [7, 11) is -4.00. The van der Waals surface area contributed by atoms with Crippen LogP contribution in [0.3, 0.4) is 0 Å². The van der Waals surface area contributed by atoms with Crippen molar-refractivity contribution in [3.8, 4) is 5.75 Å². The lowest BCUT2D eigenvalue weighted by molar-refractivity contribution is 0.340. The Hall–Kier alpha value is -2.15. The molecular formula is C14H13F2NO3S. The van der Waals surface area contributed by atoms with E-state index in [1.54, 1.807) is 6.92 Å². The lowest BCUT2D eigenvalue weighted by Gasteiger charge is -2.10. The number of anilines is 1. The van der Waals surface area contributed by atoms with E-state index < -0.39 is 27.3 Å². The molecule has 7 heteroatoms. The van der Waals surface area contributed by atoms with E-state index in [0.29, 0.717) is 12.4 Å². The normalized spacial score (nSPS) is 11.2. The lowest BCUT2D eigenvalue weighted by Crippen LogP contribution is -2.14. The van der Waals surface area contributed by atoms with Gasteiger partial charge in [0.1, 0.15) is 17.4 Å². The fourth-order valence-corrected chi connectivity index (χ4v) is 2.72. The van der Waals surface area contributed by atoms with Crippen LogP contribution >= 0.6 is 0 Å². The van der Waals surface area contributed by atoms with Gasteiger partial charge < -0.3 is 4.74 Å². The van der Waals surface area contributed by atoms with Crippen molar-refractivity contribution in [2.45, 2.75) is 11.8 Å². The van der Waals surface area contributed by atoms with E-state index in [1.807, 2.05) is 4.72 Å². The number of rotatable bonds is 5. The second-order valence-electron chi connectivity index (χ2n) is 4.13. The lowest BCUT2D eigenvalue weighted by atomic mass is 10.3. The fraction of sp³-hybridized carbons (Fsp3) is 0.143. The van der Waals surface area contributed by atoms with E-state index in [4.69, 9.17) is 4.74 Å². The summed E-state index contributed by atoms with van der Waals surface area (Å²) in [5.74, 6) is -1.07. The maximum absolute atomic E-state index is 13.5. The van der Waals surface area contributed by atoms with E-state index in [-0.39, 0.29) is 4.90 Å². The first kappa shape index (κ1) is 15.2. The Balaban J connectivity index is 2.27. The fourth-order valence-electron chi connectivity index (χ4n) is 1.66. The molecule has 2 aromatic rings. The molecule has 0 radical (unpaired) electrons. The van der Waals surface area contributed by atoms with E-state index >= 15 is 0 Å². The van der Waals surface area contributed by atoms with Gasteiger partial charge in [-0.25, -0.2) is 17.2 Å². The van der Waals surface area contributed by atoms with Crippen molar-refractivity contribution in [3.05, 3.63) is 54.1 Å². The maximum Gasteiger partial charge on any atom is 0.261 e. The molecule has 4 nitrogen and oxygen atoms in total. The summed E-state index contributed by atoms with van der Waals surface area (Å²) in [6.07, 6.45) is 0. The quantitative estimate of drug-likeness (QED) is 0.922. The Morgan fingerprint density at radius 1 is 1.10 bits per heavy atom. The van der Waals surface area contributed by atoms with Gasteiger partial charge in [0.05, 0.1) is 17.2 Å². The van der Waals surface area contributed by atoms with Crippen LogP contribution in [0, 0.1) is 11.6 Å². The highest BCUT2D eigenvalue weighted by molar-refractivity contribution is 7.92. The first-order valence-corrected chi connectivity index (χ1v) is 7.61. The summed E-state index contributed by atoms with van der Waals surface area (Å²) >= 11 is 0. The van der Waals surface area contributed by atoms with Gasteiger partial charge in [0.15, 0.2) is 0 Å². The van der Waals surface area contributed by atoms with Crippen LogP contribution in [0.1, 0.15) is 6.92 Å². The maximum atomic E-state index is 13.5. The zero-order valence-electron chi connectivity index (χ0n) is 11.1. The highest BCUT2D eigenvalue weighted by Crippen LogP contribution is 2.21. The van der Waals surface area contributed by atoms with Crippen LogP contribution in [0.4, 0.5) is 14.5 Å². The Labute approximate surface area is 121 Å². The topological polar surface area (TPSA) is 55.4 Å². The van der Waals surface area contributed by atoms with Gasteiger partial charge in [-0.2, -0.15) is 0 Å². The zero-order chi connectivity index (χ0) is 15.5. The van der Waals surface area contributed by atoms with Crippen LogP contribution in [0.2, 0.25) is 0 Å². The molecule has 2 rings (SSSR count). The first-order chi connectivity index (χ1) is 9.92. The summed E-state index contributed by atoms with van der Waals surface area (Å²) in [6, 6.07) is 8.16. The third kappa shape index (κ3) is 3.69. The molecule has 0 heterocycles. The predicted molar refractivity (Wildman–Crippen MR) is 74.8 cm³/mol. The third-order valence-electron chi connectivity index (χ3n) is 2.62. The third-order valence-corrected chi connectivity index (χ3v) is 4.00. The summed E-state index contributed by atoms with van der Waals surface area (Å²) in [4.78, 5) is -0.0744. The molecule has 0 aromatic heterocycles. The SMILES string of the molecule is CCOc1ccc(S(=O)(=O)Nc2cc(F)ccc2F)cc1. The Bertz CT molecular complexity index is 730. The molecule has 0 aliphatic rings. The van der Waals surface area contributed by atoms with Gasteiger partial charge in [-0.1, -0.05) is 0 Å². The zero-order valence-corrected chi connectivity index (χ0v) is 12.0. The van der Waals surface area contributed by atoms with E-state index in [2.05, 4.69) is 0 Å². The van der Waals surface area contributed by atoms with E-state index in [0.717, 1.165) is 18.2 Å². The van der Waals surface area contributed by atoms with Gasteiger partial charge >= 0.3 is 0 Å². The number of hydrogen-bond acceptors (Lipinski definition) is 3. The van der Waals surface area contributed by atoms with Crippen LogP contribution in [0.15, 0.2) is 47.4 Å². The van der Waals surface area contributed by atoms with Gasteiger partial charge in [-0.3, -0.25) is 4.72 Å². The van der Waals surface area contributed by atoms with Crippen molar-refractivity contribution in [1.82, 2.24) is 0 Å². The van der Waals surface area contributed by atoms with Gasteiger partial charge in [-0.05, 0) is 43.3 Å². The van der Waals surface area contributed by atoms with Gasteiger partial charge in [0.25, 0.3) is 10.0 Å². The molecule has 0 fully saturated rings. The summed E-state index contributed by atoms with van der Waals surface area (Å²) < 4.78 is 57.9. The Morgan fingerprint density at radius 3 is 2.38 bits per heavy atom. The number of ether oxygens (including phenoxy) is 1. The molecular weight excluding hydrogens is 300 g/mol. The van der Waals surface area contributed by atoms with Gasteiger partial charge in [0, 0.05) is 6.07 Å². The molecule has 0 aliphatic heterocycles. The van der Waals surface area contributed by atoms with E-state index in [9.17, 15) is 17.2 Å². The standard InChI is InChI=1S/C14H13F2NO3S/c1-2-20-11-4-6-12(7-5-11)21(18,19)17-14-9-10(15)3-8-13(14)16/h3-9,17H,2H2,1H3. The molecule has 21 heavy (non-hydrogen) atoms. The van der Waals surface area contributed by atoms with Gasteiger partial charge in [0.2, 0.25) is 0 Å². The van der Waals surface area contributed by atoms with Crippen molar-refractivity contribution in [3.63, 3.8) is 0 Å².